The molecule has 0 aliphatic carbocycles. The lowest BCUT2D eigenvalue weighted by Crippen LogP contribution is -1.95. The highest BCUT2D eigenvalue weighted by molar-refractivity contribution is 5.49. The fourth-order valence-electron chi connectivity index (χ4n) is 1.82. The summed E-state index contributed by atoms with van der Waals surface area (Å²) in [4.78, 5) is 0. The maximum absolute atomic E-state index is 9.88. The second-order valence-electron chi connectivity index (χ2n) is 4.37. The average Bonchev–Trinajstić information content (AvgIpc) is 3.08. The van der Waals surface area contributed by atoms with Crippen LogP contribution in [0.3, 0.4) is 0 Å². The van der Waals surface area contributed by atoms with Crippen LogP contribution >= 0.6 is 0 Å². The van der Waals surface area contributed by atoms with Gasteiger partial charge in [0, 0.05) is 6.07 Å². The van der Waals surface area contributed by atoms with Gasteiger partial charge >= 0.3 is 0 Å². The van der Waals surface area contributed by atoms with Crippen molar-refractivity contribution in [2.24, 2.45) is 0 Å². The van der Waals surface area contributed by atoms with E-state index in [4.69, 9.17) is 4.74 Å². The molecule has 2 aromatic carbocycles. The van der Waals surface area contributed by atoms with Crippen molar-refractivity contribution in [1.29, 1.82) is 0 Å². The Morgan fingerprint density at radius 1 is 0.958 bits per heavy atom. The van der Waals surface area contributed by atoms with Crippen LogP contribution in [0.15, 0.2) is 54.7 Å². The average molecular weight is 327 g/mol. The van der Waals surface area contributed by atoms with Crippen molar-refractivity contribution in [3.8, 4) is 22.9 Å². The van der Waals surface area contributed by atoms with Gasteiger partial charge in [0.15, 0.2) is 11.5 Å². The van der Waals surface area contributed by atoms with E-state index in [-0.39, 0.29) is 5.75 Å². The largest absolute Gasteiger partial charge is 0.504 e. The number of phenolic OH excluding ortho intramolecular Hbond substituents is 1. The SMILES string of the molecule is CC.CC.Cc1cn(-c2ccc(O)c(Oc3ccccc3)c2)nn1. The van der Waals surface area contributed by atoms with Crippen molar-refractivity contribution in [3.63, 3.8) is 0 Å². The highest BCUT2D eigenvalue weighted by Gasteiger charge is 2.07. The number of aryl methyl sites for hydroxylation is 1. The number of para-hydroxylation sites is 1. The van der Waals surface area contributed by atoms with Crippen molar-refractivity contribution < 1.29 is 9.84 Å². The number of hydrogen-bond acceptors (Lipinski definition) is 4. The van der Waals surface area contributed by atoms with E-state index in [1.165, 1.54) is 0 Å². The molecule has 0 atom stereocenters. The Balaban J connectivity index is 0.000000671. The van der Waals surface area contributed by atoms with E-state index in [2.05, 4.69) is 10.3 Å². The number of benzene rings is 2. The number of aromatic hydroxyl groups is 1. The molecule has 0 radical (unpaired) electrons. The quantitative estimate of drug-likeness (QED) is 0.725. The summed E-state index contributed by atoms with van der Waals surface area (Å²) in [5.74, 6) is 1.12. The van der Waals surface area contributed by atoms with Gasteiger partial charge in [-0.05, 0) is 31.2 Å². The zero-order chi connectivity index (χ0) is 17.9. The van der Waals surface area contributed by atoms with E-state index in [9.17, 15) is 5.11 Å². The predicted octanol–water partition coefficient (Wildman–Crippen LogP) is 5.13. The highest BCUT2D eigenvalue weighted by Crippen LogP contribution is 2.32. The third-order valence-corrected chi connectivity index (χ3v) is 2.79. The molecule has 0 aliphatic heterocycles. The minimum absolute atomic E-state index is 0.0782. The third kappa shape index (κ3) is 5.12. The first-order valence-corrected chi connectivity index (χ1v) is 8.17. The van der Waals surface area contributed by atoms with Crippen LogP contribution in [0.5, 0.6) is 17.2 Å². The topological polar surface area (TPSA) is 60.2 Å². The Hall–Kier alpha value is -2.82. The third-order valence-electron chi connectivity index (χ3n) is 2.79. The van der Waals surface area contributed by atoms with E-state index in [1.807, 2.05) is 65.0 Å². The summed E-state index contributed by atoms with van der Waals surface area (Å²) >= 11 is 0. The van der Waals surface area contributed by atoms with Crippen LogP contribution in [-0.2, 0) is 0 Å². The normalized spacial score (nSPS) is 9.21. The Kier molecular flexibility index (Phi) is 8.05. The number of rotatable bonds is 3. The fraction of sp³-hybridized carbons (Fsp3) is 0.263. The van der Waals surface area contributed by atoms with Crippen LogP contribution in [0, 0.1) is 6.92 Å². The number of phenols is 1. The molecular weight excluding hydrogens is 302 g/mol. The van der Waals surface area contributed by atoms with Gasteiger partial charge in [-0.3, -0.25) is 0 Å². The number of ether oxygens (including phenoxy) is 1. The highest BCUT2D eigenvalue weighted by atomic mass is 16.5. The van der Waals surface area contributed by atoms with Gasteiger partial charge < -0.3 is 9.84 Å². The maximum Gasteiger partial charge on any atom is 0.171 e. The standard InChI is InChI=1S/C15H13N3O2.2C2H6/c1-11-10-18(17-16-11)12-7-8-14(19)15(9-12)20-13-5-3-2-4-6-13;2*1-2/h2-10,19H,1H3;2*1-2H3. The second-order valence-corrected chi connectivity index (χ2v) is 4.37. The molecule has 0 fully saturated rings. The molecule has 0 amide bonds. The van der Waals surface area contributed by atoms with E-state index >= 15 is 0 Å². The first-order chi connectivity index (χ1) is 11.7. The van der Waals surface area contributed by atoms with Crippen molar-refractivity contribution in [2.45, 2.75) is 34.6 Å². The minimum atomic E-state index is 0.0782. The van der Waals surface area contributed by atoms with Gasteiger partial charge in [0.05, 0.1) is 17.6 Å². The zero-order valence-corrected chi connectivity index (χ0v) is 14.9. The summed E-state index contributed by atoms with van der Waals surface area (Å²) in [6.07, 6.45) is 1.80. The minimum Gasteiger partial charge on any atom is -0.504 e. The van der Waals surface area contributed by atoms with Crippen molar-refractivity contribution in [2.75, 3.05) is 0 Å². The smallest absolute Gasteiger partial charge is 0.171 e. The first-order valence-electron chi connectivity index (χ1n) is 8.17. The lowest BCUT2D eigenvalue weighted by molar-refractivity contribution is 0.411. The van der Waals surface area contributed by atoms with E-state index < -0.39 is 0 Å². The van der Waals surface area contributed by atoms with Gasteiger partial charge in [-0.15, -0.1) is 5.10 Å². The summed E-state index contributed by atoms with van der Waals surface area (Å²) < 4.78 is 7.30. The molecule has 0 saturated carbocycles. The molecule has 0 spiro atoms. The molecule has 0 aliphatic rings. The van der Waals surface area contributed by atoms with Crippen LogP contribution < -0.4 is 4.74 Å². The van der Waals surface area contributed by atoms with Gasteiger partial charge in [-0.2, -0.15) is 0 Å². The van der Waals surface area contributed by atoms with Gasteiger partial charge in [-0.25, -0.2) is 4.68 Å². The molecule has 1 heterocycles. The Labute approximate surface area is 143 Å². The van der Waals surface area contributed by atoms with E-state index in [1.54, 1.807) is 29.1 Å². The van der Waals surface area contributed by atoms with Crippen molar-refractivity contribution in [3.05, 3.63) is 60.4 Å². The van der Waals surface area contributed by atoms with Gasteiger partial charge in [0.25, 0.3) is 0 Å². The predicted molar refractivity (Wildman–Crippen MR) is 97.0 cm³/mol. The first kappa shape index (κ1) is 19.2. The lowest BCUT2D eigenvalue weighted by atomic mass is 10.2. The molecule has 24 heavy (non-hydrogen) atoms. The summed E-state index contributed by atoms with van der Waals surface area (Å²) in [5.41, 5.74) is 1.60. The summed E-state index contributed by atoms with van der Waals surface area (Å²) in [6.45, 7) is 9.87. The molecule has 5 nitrogen and oxygen atoms in total. The molecule has 0 unspecified atom stereocenters. The maximum atomic E-state index is 9.88. The Bertz CT molecular complexity index is 724. The lowest BCUT2D eigenvalue weighted by Gasteiger charge is -2.09. The van der Waals surface area contributed by atoms with Crippen LogP contribution in [-0.4, -0.2) is 20.1 Å². The van der Waals surface area contributed by atoms with E-state index in [0.717, 1.165) is 11.4 Å². The molecular formula is C19H25N3O2. The number of aromatic nitrogens is 3. The monoisotopic (exact) mass is 327 g/mol. The van der Waals surface area contributed by atoms with Crippen LogP contribution in [0.25, 0.3) is 5.69 Å². The van der Waals surface area contributed by atoms with E-state index in [0.29, 0.717) is 11.5 Å². The fourth-order valence-corrected chi connectivity index (χ4v) is 1.82. The molecule has 1 aromatic heterocycles. The van der Waals surface area contributed by atoms with Crippen LogP contribution in [0.1, 0.15) is 33.4 Å². The van der Waals surface area contributed by atoms with Crippen molar-refractivity contribution >= 4 is 0 Å². The number of nitrogens with zero attached hydrogens (tertiary/aromatic N) is 3. The molecule has 128 valence electrons. The molecule has 1 N–H and O–H groups in total. The Morgan fingerprint density at radius 3 is 2.21 bits per heavy atom. The summed E-state index contributed by atoms with van der Waals surface area (Å²) in [6, 6.07) is 14.3. The van der Waals surface area contributed by atoms with Gasteiger partial charge in [-0.1, -0.05) is 51.1 Å². The number of hydrogen-bond donors (Lipinski definition) is 1. The molecule has 0 bridgehead atoms. The van der Waals surface area contributed by atoms with Gasteiger partial charge in [0.2, 0.25) is 0 Å². The van der Waals surface area contributed by atoms with Crippen molar-refractivity contribution in [1.82, 2.24) is 15.0 Å². The molecule has 3 rings (SSSR count). The molecule has 3 aromatic rings. The Morgan fingerprint density at radius 2 is 1.62 bits per heavy atom. The summed E-state index contributed by atoms with van der Waals surface area (Å²) in [5, 5.41) is 17.8. The van der Waals surface area contributed by atoms with Crippen LogP contribution in [0.4, 0.5) is 0 Å². The second kappa shape index (κ2) is 10.0. The summed E-state index contributed by atoms with van der Waals surface area (Å²) in [7, 11) is 0. The van der Waals surface area contributed by atoms with Crippen LogP contribution in [0.2, 0.25) is 0 Å². The van der Waals surface area contributed by atoms with Gasteiger partial charge in [0.1, 0.15) is 5.75 Å². The molecule has 5 heteroatoms. The molecule has 0 saturated heterocycles. The zero-order valence-electron chi connectivity index (χ0n) is 14.9.